The highest BCUT2D eigenvalue weighted by Crippen LogP contribution is 2.19. The summed E-state index contributed by atoms with van der Waals surface area (Å²) >= 11 is 0. The van der Waals surface area contributed by atoms with E-state index < -0.39 is 5.97 Å². The molecule has 1 aromatic carbocycles. The Balaban J connectivity index is 1.76. The number of benzene rings is 1. The Kier molecular flexibility index (Phi) is 6.62. The van der Waals surface area contributed by atoms with Crippen molar-refractivity contribution in [2.45, 2.75) is 39.0 Å². The molecule has 0 unspecified atom stereocenters. The van der Waals surface area contributed by atoms with Gasteiger partial charge in [0.25, 0.3) is 0 Å². The molecule has 0 aliphatic rings. The monoisotopic (exact) mass is 349 g/mol. The standard InChI is InChI=1S/C17H20FN3O4/c1-11-5-6-12(10-13(11)18)17-20-15(25-21-17)8-7-14(22)19-9-3-2-4-16(23)24/h5-6,10H,2-4,7-9H2,1H3,(H,19,22)(H,23,24). The van der Waals surface area contributed by atoms with Crippen LogP contribution in [0, 0.1) is 12.7 Å². The Hall–Kier alpha value is -2.77. The fourth-order valence-electron chi connectivity index (χ4n) is 2.14. The zero-order chi connectivity index (χ0) is 18.2. The van der Waals surface area contributed by atoms with Crippen LogP contribution in [0.3, 0.4) is 0 Å². The van der Waals surface area contributed by atoms with E-state index in [1.165, 1.54) is 6.07 Å². The van der Waals surface area contributed by atoms with Crippen LogP contribution in [-0.4, -0.2) is 33.7 Å². The summed E-state index contributed by atoms with van der Waals surface area (Å²) in [6, 6.07) is 4.68. The second-order valence-electron chi connectivity index (χ2n) is 5.68. The molecule has 0 atom stereocenters. The van der Waals surface area contributed by atoms with Crippen molar-refractivity contribution in [3.8, 4) is 11.4 Å². The molecule has 0 radical (unpaired) electrons. The summed E-state index contributed by atoms with van der Waals surface area (Å²) in [7, 11) is 0. The summed E-state index contributed by atoms with van der Waals surface area (Å²) in [6.45, 7) is 2.10. The first-order chi connectivity index (χ1) is 12.0. The predicted octanol–water partition coefficient (Wildman–Crippen LogP) is 2.49. The van der Waals surface area contributed by atoms with E-state index in [4.69, 9.17) is 9.63 Å². The van der Waals surface area contributed by atoms with Crippen LogP contribution in [0.15, 0.2) is 22.7 Å². The number of aliphatic carboxylic acids is 1. The lowest BCUT2D eigenvalue weighted by Crippen LogP contribution is -2.24. The molecule has 0 spiro atoms. The Morgan fingerprint density at radius 2 is 2.08 bits per heavy atom. The van der Waals surface area contributed by atoms with Gasteiger partial charge in [-0.15, -0.1) is 0 Å². The van der Waals surface area contributed by atoms with Crippen molar-refractivity contribution in [1.29, 1.82) is 0 Å². The molecule has 1 aromatic heterocycles. The first-order valence-electron chi connectivity index (χ1n) is 8.03. The zero-order valence-electron chi connectivity index (χ0n) is 13.9. The van der Waals surface area contributed by atoms with Gasteiger partial charge in [0.1, 0.15) is 5.82 Å². The summed E-state index contributed by atoms with van der Waals surface area (Å²) < 4.78 is 18.7. The van der Waals surface area contributed by atoms with Gasteiger partial charge in [-0.2, -0.15) is 4.98 Å². The quantitative estimate of drug-likeness (QED) is 0.674. The van der Waals surface area contributed by atoms with Gasteiger partial charge in [0.2, 0.25) is 17.6 Å². The van der Waals surface area contributed by atoms with Crippen molar-refractivity contribution in [3.63, 3.8) is 0 Å². The summed E-state index contributed by atoms with van der Waals surface area (Å²) in [4.78, 5) is 26.2. The molecule has 1 amide bonds. The van der Waals surface area contributed by atoms with Gasteiger partial charge in [0, 0.05) is 31.4 Å². The highest BCUT2D eigenvalue weighted by Gasteiger charge is 2.12. The highest BCUT2D eigenvalue weighted by molar-refractivity contribution is 5.76. The first-order valence-corrected chi connectivity index (χ1v) is 8.03. The van der Waals surface area contributed by atoms with Crippen molar-refractivity contribution in [2.24, 2.45) is 0 Å². The fourth-order valence-corrected chi connectivity index (χ4v) is 2.14. The van der Waals surface area contributed by atoms with E-state index in [0.717, 1.165) is 0 Å². The maximum atomic E-state index is 13.6. The van der Waals surface area contributed by atoms with Gasteiger partial charge >= 0.3 is 5.97 Å². The van der Waals surface area contributed by atoms with Crippen LogP contribution in [0.2, 0.25) is 0 Å². The van der Waals surface area contributed by atoms with Crippen LogP contribution in [0.4, 0.5) is 4.39 Å². The van der Waals surface area contributed by atoms with E-state index >= 15 is 0 Å². The Bertz CT molecular complexity index is 745. The third kappa shape index (κ3) is 5.98. The van der Waals surface area contributed by atoms with E-state index in [2.05, 4.69) is 15.5 Å². The van der Waals surface area contributed by atoms with Crippen LogP contribution in [0.1, 0.15) is 37.1 Å². The number of aromatic nitrogens is 2. The molecular formula is C17H20FN3O4. The maximum Gasteiger partial charge on any atom is 0.303 e. The predicted molar refractivity (Wildman–Crippen MR) is 87.2 cm³/mol. The molecule has 0 saturated carbocycles. The van der Waals surface area contributed by atoms with Crippen molar-refractivity contribution in [2.75, 3.05) is 6.54 Å². The fraction of sp³-hybridized carbons (Fsp3) is 0.412. The number of nitrogens with one attached hydrogen (secondary N) is 1. The number of carboxylic acids is 1. The second-order valence-corrected chi connectivity index (χ2v) is 5.68. The van der Waals surface area contributed by atoms with Gasteiger partial charge in [-0.25, -0.2) is 4.39 Å². The van der Waals surface area contributed by atoms with Crippen molar-refractivity contribution >= 4 is 11.9 Å². The van der Waals surface area contributed by atoms with Crippen molar-refractivity contribution in [1.82, 2.24) is 15.5 Å². The molecule has 0 aliphatic carbocycles. The lowest BCUT2D eigenvalue weighted by Gasteiger charge is -2.03. The van der Waals surface area contributed by atoms with Crippen molar-refractivity contribution in [3.05, 3.63) is 35.5 Å². The van der Waals surface area contributed by atoms with Crippen molar-refractivity contribution < 1.29 is 23.6 Å². The summed E-state index contributed by atoms with van der Waals surface area (Å²) in [5, 5.41) is 15.0. The Morgan fingerprint density at radius 3 is 2.80 bits per heavy atom. The number of hydrogen-bond donors (Lipinski definition) is 2. The molecule has 8 heteroatoms. The summed E-state index contributed by atoms with van der Waals surface area (Å²) in [6.07, 6.45) is 1.70. The van der Waals surface area contributed by atoms with Crippen LogP contribution in [0.5, 0.6) is 0 Å². The Labute approximate surface area is 144 Å². The van der Waals surface area contributed by atoms with E-state index in [-0.39, 0.29) is 36.8 Å². The van der Waals surface area contributed by atoms with Gasteiger partial charge in [0.05, 0.1) is 0 Å². The van der Waals surface area contributed by atoms with E-state index in [9.17, 15) is 14.0 Å². The normalized spacial score (nSPS) is 10.6. The largest absolute Gasteiger partial charge is 0.481 e. The molecule has 2 rings (SSSR count). The molecule has 25 heavy (non-hydrogen) atoms. The lowest BCUT2D eigenvalue weighted by atomic mass is 10.1. The molecule has 0 aliphatic heterocycles. The third-order valence-corrected chi connectivity index (χ3v) is 3.60. The molecule has 134 valence electrons. The first kappa shape index (κ1) is 18.6. The summed E-state index contributed by atoms with van der Waals surface area (Å²) in [5.74, 6) is -0.769. The van der Waals surface area contributed by atoms with Gasteiger partial charge in [0.15, 0.2) is 0 Å². The third-order valence-electron chi connectivity index (χ3n) is 3.60. The topological polar surface area (TPSA) is 105 Å². The molecule has 2 N–H and O–H groups in total. The molecule has 0 fully saturated rings. The molecule has 0 bridgehead atoms. The number of carbonyl (C=O) groups excluding carboxylic acids is 1. The van der Waals surface area contributed by atoms with Crippen LogP contribution >= 0.6 is 0 Å². The molecular weight excluding hydrogens is 329 g/mol. The minimum Gasteiger partial charge on any atom is -0.481 e. The number of amides is 1. The van der Waals surface area contributed by atoms with Gasteiger partial charge < -0.3 is 14.9 Å². The van der Waals surface area contributed by atoms with Gasteiger partial charge in [-0.1, -0.05) is 17.3 Å². The SMILES string of the molecule is Cc1ccc(-c2noc(CCC(=O)NCCCCC(=O)O)n2)cc1F. The van der Waals surface area contributed by atoms with Gasteiger partial charge in [-0.3, -0.25) is 9.59 Å². The number of carbonyl (C=O) groups is 2. The number of halogens is 1. The van der Waals surface area contributed by atoms with Crippen LogP contribution < -0.4 is 5.32 Å². The number of rotatable bonds is 9. The number of aryl methyl sites for hydroxylation is 2. The maximum absolute atomic E-state index is 13.6. The van der Waals surface area contributed by atoms with Gasteiger partial charge in [-0.05, 0) is 31.4 Å². The average Bonchev–Trinajstić information content (AvgIpc) is 3.04. The molecule has 2 aromatic rings. The number of carboxylic acid groups (broad SMARTS) is 1. The second kappa shape index (κ2) is 8.91. The Morgan fingerprint density at radius 1 is 1.28 bits per heavy atom. The lowest BCUT2D eigenvalue weighted by molar-refractivity contribution is -0.137. The smallest absolute Gasteiger partial charge is 0.303 e. The zero-order valence-corrected chi connectivity index (χ0v) is 13.9. The molecule has 0 saturated heterocycles. The molecule has 1 heterocycles. The van der Waals surface area contributed by atoms with E-state index in [1.54, 1.807) is 19.1 Å². The summed E-state index contributed by atoms with van der Waals surface area (Å²) in [5.41, 5.74) is 1.05. The highest BCUT2D eigenvalue weighted by atomic mass is 19.1. The number of nitrogens with zero attached hydrogens (tertiary/aromatic N) is 2. The average molecular weight is 349 g/mol. The molecule has 7 nitrogen and oxygen atoms in total. The minimum atomic E-state index is -0.841. The minimum absolute atomic E-state index is 0.0975. The van der Waals surface area contributed by atoms with E-state index in [0.29, 0.717) is 36.4 Å². The van der Waals surface area contributed by atoms with Crippen LogP contribution in [0.25, 0.3) is 11.4 Å². The number of hydrogen-bond acceptors (Lipinski definition) is 5. The van der Waals surface area contributed by atoms with Crippen LogP contribution in [-0.2, 0) is 16.0 Å². The van der Waals surface area contributed by atoms with E-state index in [1.807, 2.05) is 0 Å². The number of unbranched alkanes of at least 4 members (excludes halogenated alkanes) is 1.